The second-order valence-electron chi connectivity index (χ2n) is 6.83. The van der Waals surface area contributed by atoms with E-state index in [0.29, 0.717) is 22.8 Å². The Bertz CT molecular complexity index is 783. The van der Waals surface area contributed by atoms with E-state index in [1.54, 1.807) is 6.07 Å². The first-order valence-corrected chi connectivity index (χ1v) is 11.3. The van der Waals surface area contributed by atoms with Crippen molar-refractivity contribution in [2.24, 2.45) is 0 Å². The minimum Gasteiger partial charge on any atom is -0.493 e. The van der Waals surface area contributed by atoms with E-state index in [9.17, 15) is 4.79 Å². The van der Waals surface area contributed by atoms with Gasteiger partial charge in [0.2, 0.25) is 0 Å². The van der Waals surface area contributed by atoms with Crippen molar-refractivity contribution < 1.29 is 13.9 Å². The maximum Gasteiger partial charge on any atom is 0.194 e. The third kappa shape index (κ3) is 8.06. The summed E-state index contributed by atoms with van der Waals surface area (Å²) in [5.41, 5.74) is 1.96. The van der Waals surface area contributed by atoms with Gasteiger partial charge in [0, 0.05) is 18.2 Å². The Morgan fingerprint density at radius 3 is 2.52 bits per heavy atom. The first kappa shape index (κ1) is 22.0. The molecule has 0 saturated heterocycles. The smallest absolute Gasteiger partial charge is 0.194 e. The highest BCUT2D eigenvalue weighted by molar-refractivity contribution is 8.13. The van der Waals surface area contributed by atoms with E-state index in [4.69, 9.17) is 21.4 Å². The standard InChI is InChI=1S/C22H30O3S2/c1-3-21(23)27-14-10-8-6-4-5-7-9-13-24-20-16-22(26)25-19-12-11-17(2)15-18(19)20/h11-12,15-16H,3-10,13-14H2,1-2H3. The lowest BCUT2D eigenvalue weighted by molar-refractivity contribution is -0.110. The maximum atomic E-state index is 11.2. The molecule has 27 heavy (non-hydrogen) atoms. The topological polar surface area (TPSA) is 39.4 Å². The average molecular weight is 407 g/mol. The van der Waals surface area contributed by atoms with Crippen LogP contribution in [0.4, 0.5) is 0 Å². The Morgan fingerprint density at radius 2 is 1.78 bits per heavy atom. The van der Waals surface area contributed by atoms with Crippen molar-refractivity contribution in [3.63, 3.8) is 0 Å². The highest BCUT2D eigenvalue weighted by Crippen LogP contribution is 2.27. The fraction of sp³-hybridized carbons (Fsp3) is 0.545. The lowest BCUT2D eigenvalue weighted by Crippen LogP contribution is -1.98. The molecule has 0 atom stereocenters. The highest BCUT2D eigenvalue weighted by atomic mass is 32.2. The number of fused-ring (bicyclic) bond motifs is 1. The molecule has 2 aromatic rings. The number of thioether (sulfide) groups is 1. The average Bonchev–Trinajstić information content (AvgIpc) is 2.66. The molecule has 0 aliphatic heterocycles. The zero-order chi connectivity index (χ0) is 19.5. The van der Waals surface area contributed by atoms with Gasteiger partial charge in [-0.15, -0.1) is 0 Å². The highest BCUT2D eigenvalue weighted by Gasteiger charge is 2.06. The molecule has 0 aliphatic rings. The number of hydrogen-bond acceptors (Lipinski definition) is 5. The zero-order valence-corrected chi connectivity index (χ0v) is 18.1. The van der Waals surface area contributed by atoms with Gasteiger partial charge in [-0.1, -0.05) is 62.4 Å². The Kier molecular flexibility index (Phi) is 9.92. The van der Waals surface area contributed by atoms with Crippen LogP contribution in [0, 0.1) is 11.6 Å². The number of unbranched alkanes of at least 4 members (excludes halogenated alkanes) is 6. The van der Waals surface area contributed by atoms with Gasteiger partial charge < -0.3 is 9.15 Å². The first-order chi connectivity index (χ1) is 13.1. The van der Waals surface area contributed by atoms with Crippen LogP contribution in [0.15, 0.2) is 28.7 Å². The van der Waals surface area contributed by atoms with E-state index >= 15 is 0 Å². The van der Waals surface area contributed by atoms with E-state index < -0.39 is 0 Å². The number of carbonyl (C=O) groups is 1. The van der Waals surface area contributed by atoms with Crippen LogP contribution in [0.25, 0.3) is 11.0 Å². The summed E-state index contributed by atoms with van der Waals surface area (Å²) in [6.07, 6.45) is 8.99. The van der Waals surface area contributed by atoms with Crippen molar-refractivity contribution in [3.8, 4) is 5.75 Å². The van der Waals surface area contributed by atoms with Gasteiger partial charge in [0.1, 0.15) is 11.3 Å². The van der Waals surface area contributed by atoms with Crippen molar-refractivity contribution in [2.45, 2.75) is 65.2 Å². The van der Waals surface area contributed by atoms with E-state index in [0.717, 1.165) is 35.3 Å². The molecular formula is C22H30O3S2. The summed E-state index contributed by atoms with van der Waals surface area (Å²) < 4.78 is 12.0. The van der Waals surface area contributed by atoms with Crippen molar-refractivity contribution in [1.29, 1.82) is 0 Å². The Labute approximate surface area is 171 Å². The van der Waals surface area contributed by atoms with Gasteiger partial charge in [0.05, 0.1) is 12.0 Å². The van der Waals surface area contributed by atoms with Gasteiger partial charge >= 0.3 is 0 Å². The molecule has 1 heterocycles. The van der Waals surface area contributed by atoms with E-state index in [1.165, 1.54) is 49.4 Å². The molecule has 3 nitrogen and oxygen atoms in total. The zero-order valence-electron chi connectivity index (χ0n) is 16.4. The summed E-state index contributed by atoms with van der Waals surface area (Å²) >= 11 is 6.68. The van der Waals surface area contributed by atoms with Crippen molar-refractivity contribution in [2.75, 3.05) is 12.4 Å². The normalized spacial score (nSPS) is 11.0. The second kappa shape index (κ2) is 12.2. The molecule has 0 fully saturated rings. The van der Waals surface area contributed by atoms with E-state index in [-0.39, 0.29) is 0 Å². The fourth-order valence-corrected chi connectivity index (χ4v) is 3.90. The monoisotopic (exact) mass is 406 g/mol. The van der Waals surface area contributed by atoms with Crippen LogP contribution >= 0.6 is 24.0 Å². The molecule has 0 unspecified atom stereocenters. The predicted molar refractivity (Wildman–Crippen MR) is 117 cm³/mol. The number of rotatable bonds is 12. The summed E-state index contributed by atoms with van der Waals surface area (Å²) in [4.78, 5) is 11.2. The Morgan fingerprint density at radius 1 is 1.07 bits per heavy atom. The van der Waals surface area contributed by atoms with Crippen LogP contribution < -0.4 is 4.74 Å². The third-order valence-corrected chi connectivity index (χ3v) is 5.76. The predicted octanol–water partition coefficient (Wildman–Crippen LogP) is 7.25. The van der Waals surface area contributed by atoms with Gasteiger partial charge in [0.25, 0.3) is 0 Å². The molecule has 0 saturated carbocycles. The lowest BCUT2D eigenvalue weighted by Gasteiger charge is -2.09. The first-order valence-electron chi connectivity index (χ1n) is 9.93. The van der Waals surface area contributed by atoms with Crippen molar-refractivity contribution >= 4 is 40.1 Å². The van der Waals surface area contributed by atoms with Gasteiger partial charge in [-0.2, -0.15) is 0 Å². The molecule has 0 amide bonds. The van der Waals surface area contributed by atoms with Gasteiger partial charge in [-0.3, -0.25) is 4.79 Å². The van der Waals surface area contributed by atoms with E-state index in [2.05, 4.69) is 13.0 Å². The minimum absolute atomic E-state index is 0.313. The summed E-state index contributed by atoms with van der Waals surface area (Å²) in [6, 6.07) is 7.85. The van der Waals surface area contributed by atoms with Gasteiger partial charge in [-0.05, 0) is 44.1 Å². The van der Waals surface area contributed by atoms with Crippen LogP contribution in [0.1, 0.15) is 63.9 Å². The number of benzene rings is 1. The second-order valence-corrected chi connectivity index (χ2v) is 8.38. The lowest BCUT2D eigenvalue weighted by atomic mass is 10.1. The van der Waals surface area contributed by atoms with Crippen molar-refractivity contribution in [1.82, 2.24) is 0 Å². The van der Waals surface area contributed by atoms with Crippen LogP contribution in [0.3, 0.4) is 0 Å². The molecule has 2 rings (SSSR count). The molecule has 0 spiro atoms. The summed E-state index contributed by atoms with van der Waals surface area (Å²) in [7, 11) is 0. The molecule has 148 valence electrons. The number of aryl methyl sites for hydroxylation is 1. The molecule has 0 radical (unpaired) electrons. The maximum absolute atomic E-state index is 11.2. The quantitative estimate of drug-likeness (QED) is 0.274. The number of hydrogen-bond donors (Lipinski definition) is 0. The SMILES string of the molecule is CCC(=O)SCCCCCCCCCOc1cc(=S)oc2ccc(C)cc12. The molecular weight excluding hydrogens is 376 g/mol. The van der Waals surface area contributed by atoms with Gasteiger partial charge in [-0.25, -0.2) is 0 Å². The molecule has 5 heteroatoms. The number of carbonyl (C=O) groups excluding carboxylic acids is 1. The Hall–Kier alpha value is -1.33. The molecule has 1 aromatic carbocycles. The molecule has 0 bridgehead atoms. The molecule has 0 aliphatic carbocycles. The molecule has 1 aromatic heterocycles. The number of ether oxygens (including phenoxy) is 1. The summed E-state index contributed by atoms with van der Waals surface area (Å²) in [6.45, 7) is 4.69. The molecule has 0 N–H and O–H groups in total. The van der Waals surface area contributed by atoms with Crippen LogP contribution in [0.5, 0.6) is 5.75 Å². The van der Waals surface area contributed by atoms with Gasteiger partial charge in [0.15, 0.2) is 9.82 Å². The van der Waals surface area contributed by atoms with Crippen molar-refractivity contribution in [3.05, 3.63) is 34.5 Å². The van der Waals surface area contributed by atoms with Crippen LogP contribution in [-0.2, 0) is 4.79 Å². The summed E-state index contributed by atoms with van der Waals surface area (Å²) in [5.74, 6) is 1.80. The largest absolute Gasteiger partial charge is 0.493 e. The third-order valence-electron chi connectivity index (χ3n) is 4.46. The minimum atomic E-state index is 0.313. The Balaban J connectivity index is 1.60. The summed E-state index contributed by atoms with van der Waals surface area (Å²) in [5, 5.41) is 1.30. The fourth-order valence-electron chi connectivity index (χ4n) is 2.93. The van der Waals surface area contributed by atoms with Crippen LogP contribution in [0.2, 0.25) is 0 Å². The van der Waals surface area contributed by atoms with E-state index in [1.807, 2.05) is 19.1 Å². The van der Waals surface area contributed by atoms with Crippen LogP contribution in [-0.4, -0.2) is 17.5 Å².